The SMILES string of the molecule is Cc1cc([N+](=O)[O-])nn1CC(=O)N1CCN(Cc2c(F)cccc2Cl)CC1. The normalized spacial score (nSPS) is 15.1. The number of benzene rings is 1. The standard InChI is InChI=1S/C17H19ClFN5O3/c1-12-9-16(24(26)27)20-23(12)11-17(25)22-7-5-21(6-8-22)10-13-14(18)3-2-4-15(13)19/h2-4,9H,5-8,10-11H2,1H3. The van der Waals surface area contributed by atoms with Gasteiger partial charge in [0.1, 0.15) is 12.4 Å². The number of hydrogen-bond acceptors (Lipinski definition) is 5. The fraction of sp³-hybridized carbons (Fsp3) is 0.412. The summed E-state index contributed by atoms with van der Waals surface area (Å²) in [6, 6.07) is 5.95. The molecule has 2 heterocycles. The van der Waals surface area contributed by atoms with Crippen LogP contribution in [-0.2, 0) is 17.9 Å². The van der Waals surface area contributed by atoms with Crippen LogP contribution in [0.3, 0.4) is 0 Å². The van der Waals surface area contributed by atoms with Gasteiger partial charge in [-0.2, -0.15) is 4.68 Å². The van der Waals surface area contributed by atoms with Crippen LogP contribution < -0.4 is 0 Å². The maximum absolute atomic E-state index is 13.9. The fourth-order valence-corrected chi connectivity index (χ4v) is 3.26. The van der Waals surface area contributed by atoms with E-state index in [2.05, 4.69) is 5.10 Å². The van der Waals surface area contributed by atoms with Crippen LogP contribution in [0.1, 0.15) is 11.3 Å². The molecule has 0 bridgehead atoms. The molecule has 1 aromatic carbocycles. The lowest BCUT2D eigenvalue weighted by Crippen LogP contribution is -2.49. The van der Waals surface area contributed by atoms with Crippen molar-refractivity contribution in [2.75, 3.05) is 26.2 Å². The highest BCUT2D eigenvalue weighted by atomic mass is 35.5. The second kappa shape index (κ2) is 8.01. The molecule has 3 rings (SSSR count). The largest absolute Gasteiger partial charge is 0.390 e. The lowest BCUT2D eigenvalue weighted by atomic mass is 10.2. The zero-order valence-corrected chi connectivity index (χ0v) is 15.5. The van der Waals surface area contributed by atoms with Gasteiger partial charge in [0.25, 0.3) is 0 Å². The number of carbonyl (C=O) groups excluding carboxylic acids is 1. The van der Waals surface area contributed by atoms with E-state index in [1.165, 1.54) is 16.8 Å². The molecule has 1 aromatic heterocycles. The monoisotopic (exact) mass is 395 g/mol. The van der Waals surface area contributed by atoms with Crippen molar-refractivity contribution in [2.45, 2.75) is 20.0 Å². The fourth-order valence-electron chi connectivity index (χ4n) is 3.03. The highest BCUT2D eigenvalue weighted by Gasteiger charge is 2.25. The molecular weight excluding hydrogens is 377 g/mol. The maximum Gasteiger partial charge on any atom is 0.390 e. The van der Waals surface area contributed by atoms with Crippen LogP contribution in [0.25, 0.3) is 0 Å². The zero-order valence-electron chi connectivity index (χ0n) is 14.8. The van der Waals surface area contributed by atoms with Gasteiger partial charge < -0.3 is 15.0 Å². The second-order valence-corrected chi connectivity index (χ2v) is 6.82. The Morgan fingerprint density at radius 1 is 1.33 bits per heavy atom. The Labute approximate surface area is 160 Å². The van der Waals surface area contributed by atoms with E-state index in [0.717, 1.165) is 0 Å². The van der Waals surface area contributed by atoms with Crippen molar-refractivity contribution >= 4 is 23.3 Å². The minimum Gasteiger partial charge on any atom is -0.358 e. The Morgan fingerprint density at radius 2 is 2.04 bits per heavy atom. The van der Waals surface area contributed by atoms with E-state index in [1.54, 1.807) is 24.0 Å². The van der Waals surface area contributed by atoms with E-state index in [9.17, 15) is 19.3 Å². The zero-order chi connectivity index (χ0) is 19.6. The number of nitrogens with zero attached hydrogens (tertiary/aromatic N) is 5. The van der Waals surface area contributed by atoms with Gasteiger partial charge in [-0.3, -0.25) is 9.69 Å². The molecule has 144 valence electrons. The number of carbonyl (C=O) groups is 1. The molecule has 1 aliphatic heterocycles. The lowest BCUT2D eigenvalue weighted by molar-refractivity contribution is -0.389. The van der Waals surface area contributed by atoms with Gasteiger partial charge in [-0.25, -0.2) is 4.39 Å². The summed E-state index contributed by atoms with van der Waals surface area (Å²) in [6.07, 6.45) is 0. The van der Waals surface area contributed by atoms with Gasteiger partial charge in [-0.1, -0.05) is 17.7 Å². The van der Waals surface area contributed by atoms with E-state index in [4.69, 9.17) is 11.6 Å². The average molecular weight is 396 g/mol. The van der Waals surface area contributed by atoms with E-state index in [1.807, 2.05) is 4.90 Å². The van der Waals surface area contributed by atoms with Gasteiger partial charge in [0.15, 0.2) is 0 Å². The second-order valence-electron chi connectivity index (χ2n) is 6.42. The quantitative estimate of drug-likeness (QED) is 0.572. The summed E-state index contributed by atoms with van der Waals surface area (Å²) in [4.78, 5) is 26.4. The van der Waals surface area contributed by atoms with Crippen LogP contribution in [0.5, 0.6) is 0 Å². The molecular formula is C17H19ClFN5O3. The van der Waals surface area contributed by atoms with Gasteiger partial charge in [-0.05, 0) is 24.0 Å². The van der Waals surface area contributed by atoms with Crippen molar-refractivity contribution in [3.8, 4) is 0 Å². The smallest absolute Gasteiger partial charge is 0.358 e. The predicted molar refractivity (Wildman–Crippen MR) is 96.9 cm³/mol. The van der Waals surface area contributed by atoms with Crippen molar-refractivity contribution in [2.24, 2.45) is 0 Å². The number of nitro groups is 1. The third-order valence-corrected chi connectivity index (χ3v) is 4.96. The molecule has 0 N–H and O–H groups in total. The van der Waals surface area contributed by atoms with Crippen LogP contribution in [0, 0.1) is 22.9 Å². The summed E-state index contributed by atoms with van der Waals surface area (Å²) in [7, 11) is 0. The first-order valence-electron chi connectivity index (χ1n) is 8.47. The Hall–Kier alpha value is -2.52. The molecule has 0 radical (unpaired) electrons. The average Bonchev–Trinajstić information content (AvgIpc) is 3.00. The lowest BCUT2D eigenvalue weighted by Gasteiger charge is -2.34. The third kappa shape index (κ3) is 4.42. The van der Waals surface area contributed by atoms with Crippen molar-refractivity contribution in [3.63, 3.8) is 0 Å². The first-order valence-corrected chi connectivity index (χ1v) is 8.85. The van der Waals surface area contributed by atoms with Crippen molar-refractivity contribution < 1.29 is 14.1 Å². The van der Waals surface area contributed by atoms with Gasteiger partial charge in [-0.15, -0.1) is 0 Å². The molecule has 1 saturated heterocycles. The summed E-state index contributed by atoms with van der Waals surface area (Å²) >= 11 is 6.07. The molecule has 27 heavy (non-hydrogen) atoms. The van der Waals surface area contributed by atoms with Crippen LogP contribution in [-0.4, -0.2) is 56.6 Å². The van der Waals surface area contributed by atoms with Gasteiger partial charge in [0.2, 0.25) is 5.91 Å². The van der Waals surface area contributed by atoms with E-state index in [-0.39, 0.29) is 24.1 Å². The Bertz CT molecular complexity index is 844. The molecule has 2 aromatic rings. The number of hydrogen-bond donors (Lipinski definition) is 0. The topological polar surface area (TPSA) is 84.5 Å². The van der Waals surface area contributed by atoms with Crippen LogP contribution >= 0.6 is 11.6 Å². The number of aryl methyl sites for hydroxylation is 1. The number of piperazine rings is 1. The summed E-state index contributed by atoms with van der Waals surface area (Å²) in [6.45, 7) is 4.18. The molecule has 8 nitrogen and oxygen atoms in total. The molecule has 0 unspecified atom stereocenters. The summed E-state index contributed by atoms with van der Waals surface area (Å²) in [5.74, 6) is -0.761. The first kappa shape index (κ1) is 19.2. The van der Waals surface area contributed by atoms with E-state index >= 15 is 0 Å². The van der Waals surface area contributed by atoms with Gasteiger partial charge >= 0.3 is 5.82 Å². The van der Waals surface area contributed by atoms with E-state index < -0.39 is 4.92 Å². The van der Waals surface area contributed by atoms with Crippen molar-refractivity contribution in [1.29, 1.82) is 0 Å². The summed E-state index contributed by atoms with van der Waals surface area (Å²) < 4.78 is 15.3. The van der Waals surface area contributed by atoms with E-state index in [0.29, 0.717) is 49.0 Å². The van der Waals surface area contributed by atoms with Crippen LogP contribution in [0.2, 0.25) is 5.02 Å². The molecule has 1 aliphatic rings. The highest BCUT2D eigenvalue weighted by Crippen LogP contribution is 2.21. The molecule has 10 heteroatoms. The van der Waals surface area contributed by atoms with Crippen molar-refractivity contribution in [1.82, 2.24) is 19.6 Å². The van der Waals surface area contributed by atoms with Gasteiger partial charge in [0, 0.05) is 43.3 Å². The highest BCUT2D eigenvalue weighted by molar-refractivity contribution is 6.31. The molecule has 0 aliphatic carbocycles. The molecule has 0 atom stereocenters. The summed E-state index contributed by atoms with van der Waals surface area (Å²) in [5.41, 5.74) is 1.02. The number of amides is 1. The molecule has 0 saturated carbocycles. The molecule has 1 amide bonds. The minimum atomic E-state index is -0.583. The number of rotatable bonds is 5. The maximum atomic E-state index is 13.9. The molecule has 0 spiro atoms. The number of aromatic nitrogens is 2. The predicted octanol–water partition coefficient (Wildman–Crippen LogP) is 2.24. The van der Waals surface area contributed by atoms with Gasteiger partial charge in [0.05, 0.1) is 16.9 Å². The van der Waals surface area contributed by atoms with Crippen LogP contribution in [0.4, 0.5) is 10.2 Å². The van der Waals surface area contributed by atoms with Crippen molar-refractivity contribution in [3.05, 3.63) is 56.5 Å². The molecule has 1 fully saturated rings. The Balaban J connectivity index is 1.56. The van der Waals surface area contributed by atoms with Crippen LogP contribution in [0.15, 0.2) is 24.3 Å². The summed E-state index contributed by atoms with van der Waals surface area (Å²) in [5, 5.41) is 15.0. The minimum absolute atomic E-state index is 0.0428. The number of halogens is 2. The third-order valence-electron chi connectivity index (χ3n) is 4.61. The first-order chi connectivity index (χ1) is 12.8. The Morgan fingerprint density at radius 3 is 2.63 bits per heavy atom. The Kier molecular flexibility index (Phi) is 5.71.